The number of nitriles is 1. The number of aromatic amines is 1. The first-order valence-corrected chi connectivity index (χ1v) is 8.35. The molecular formula is C20H15ClN4O2. The normalized spacial score (nSPS) is 10.9. The Labute approximate surface area is 161 Å². The van der Waals surface area contributed by atoms with E-state index in [0.29, 0.717) is 22.0 Å². The van der Waals surface area contributed by atoms with Gasteiger partial charge in [-0.15, -0.1) is 0 Å². The second-order valence-electron chi connectivity index (χ2n) is 5.53. The fourth-order valence-corrected chi connectivity index (χ4v) is 2.68. The van der Waals surface area contributed by atoms with E-state index in [4.69, 9.17) is 16.3 Å². The van der Waals surface area contributed by atoms with Crippen LogP contribution in [0.25, 0.3) is 17.3 Å². The summed E-state index contributed by atoms with van der Waals surface area (Å²) in [6.07, 6.45) is 3.05. The first kappa shape index (κ1) is 18.2. The number of carbonyl (C=O) groups excluding carboxylic acids is 1. The zero-order valence-corrected chi connectivity index (χ0v) is 15.1. The zero-order valence-electron chi connectivity index (χ0n) is 14.4. The molecule has 6 nitrogen and oxygen atoms in total. The minimum Gasteiger partial charge on any atom is -0.495 e. The lowest BCUT2D eigenvalue weighted by molar-refractivity contribution is -0.112. The number of carbonyl (C=O) groups is 1. The van der Waals surface area contributed by atoms with Crippen LogP contribution < -0.4 is 10.1 Å². The Morgan fingerprint density at radius 2 is 2.07 bits per heavy atom. The summed E-state index contributed by atoms with van der Waals surface area (Å²) in [7, 11) is 1.48. The molecule has 0 bridgehead atoms. The molecule has 0 unspecified atom stereocenters. The van der Waals surface area contributed by atoms with E-state index in [9.17, 15) is 10.1 Å². The molecule has 0 saturated heterocycles. The van der Waals surface area contributed by atoms with Crippen molar-refractivity contribution in [3.8, 4) is 23.1 Å². The number of rotatable bonds is 5. The van der Waals surface area contributed by atoms with Gasteiger partial charge in [-0.3, -0.25) is 9.89 Å². The third-order valence-electron chi connectivity index (χ3n) is 3.81. The van der Waals surface area contributed by atoms with Crippen LogP contribution in [-0.2, 0) is 4.79 Å². The van der Waals surface area contributed by atoms with Crippen molar-refractivity contribution in [1.29, 1.82) is 5.26 Å². The van der Waals surface area contributed by atoms with Gasteiger partial charge in [0.1, 0.15) is 17.4 Å². The van der Waals surface area contributed by atoms with Gasteiger partial charge >= 0.3 is 0 Å². The Bertz CT molecular complexity index is 1040. The van der Waals surface area contributed by atoms with Crippen LogP contribution in [0.3, 0.4) is 0 Å². The highest BCUT2D eigenvalue weighted by Gasteiger charge is 2.15. The van der Waals surface area contributed by atoms with Crippen LogP contribution in [0.5, 0.6) is 5.75 Å². The van der Waals surface area contributed by atoms with E-state index in [1.807, 2.05) is 36.4 Å². The summed E-state index contributed by atoms with van der Waals surface area (Å²) >= 11 is 5.98. The summed E-state index contributed by atoms with van der Waals surface area (Å²) in [4.78, 5) is 12.6. The van der Waals surface area contributed by atoms with Gasteiger partial charge in [-0.25, -0.2) is 0 Å². The van der Waals surface area contributed by atoms with Gasteiger partial charge < -0.3 is 10.1 Å². The summed E-state index contributed by atoms with van der Waals surface area (Å²) in [5.74, 6) is -0.128. The number of ether oxygens (including phenoxy) is 1. The highest BCUT2D eigenvalue weighted by molar-refractivity contribution is 6.31. The highest BCUT2D eigenvalue weighted by Crippen LogP contribution is 2.28. The summed E-state index contributed by atoms with van der Waals surface area (Å²) in [6, 6.07) is 16.3. The van der Waals surface area contributed by atoms with Crippen LogP contribution in [0, 0.1) is 11.3 Å². The number of H-pyrrole nitrogens is 1. The second kappa shape index (κ2) is 8.21. The fraction of sp³-hybridized carbons (Fsp3) is 0.0500. The van der Waals surface area contributed by atoms with Crippen molar-refractivity contribution in [1.82, 2.24) is 10.2 Å². The second-order valence-corrected chi connectivity index (χ2v) is 5.97. The Balaban J connectivity index is 1.90. The number of amides is 1. The Hall–Kier alpha value is -3.56. The fourth-order valence-electron chi connectivity index (χ4n) is 2.51. The van der Waals surface area contributed by atoms with E-state index in [0.717, 1.165) is 11.3 Å². The zero-order chi connectivity index (χ0) is 19.2. The molecule has 0 spiro atoms. The van der Waals surface area contributed by atoms with E-state index >= 15 is 0 Å². The molecule has 1 aromatic heterocycles. The Morgan fingerprint density at radius 1 is 1.30 bits per heavy atom. The van der Waals surface area contributed by atoms with Gasteiger partial charge in [-0.1, -0.05) is 41.9 Å². The molecule has 0 atom stereocenters. The number of nitrogens with one attached hydrogen (secondary N) is 2. The summed E-state index contributed by atoms with van der Waals surface area (Å²) in [6.45, 7) is 0. The third-order valence-corrected chi connectivity index (χ3v) is 4.04. The van der Waals surface area contributed by atoms with Gasteiger partial charge in [0.05, 0.1) is 24.7 Å². The Morgan fingerprint density at radius 3 is 2.78 bits per heavy atom. The van der Waals surface area contributed by atoms with Gasteiger partial charge in [0.25, 0.3) is 5.91 Å². The van der Waals surface area contributed by atoms with E-state index in [1.54, 1.807) is 24.4 Å². The lowest BCUT2D eigenvalue weighted by Crippen LogP contribution is -2.14. The molecule has 2 aromatic carbocycles. The molecule has 134 valence electrons. The van der Waals surface area contributed by atoms with Gasteiger partial charge in [0.2, 0.25) is 0 Å². The van der Waals surface area contributed by atoms with E-state index in [2.05, 4.69) is 15.5 Å². The monoisotopic (exact) mass is 378 g/mol. The topological polar surface area (TPSA) is 90.8 Å². The van der Waals surface area contributed by atoms with Crippen LogP contribution in [0.15, 0.2) is 60.3 Å². The number of benzene rings is 2. The lowest BCUT2D eigenvalue weighted by atomic mass is 10.1. The number of halogens is 1. The van der Waals surface area contributed by atoms with Gasteiger partial charge in [0.15, 0.2) is 0 Å². The number of aromatic nitrogens is 2. The SMILES string of the molecule is COc1ccc(Cl)cc1NC(=O)/C(C#N)=C\c1cn[nH]c1-c1ccccc1. The van der Waals surface area contributed by atoms with E-state index in [-0.39, 0.29) is 5.57 Å². The van der Waals surface area contributed by atoms with Crippen molar-refractivity contribution in [2.45, 2.75) is 0 Å². The van der Waals surface area contributed by atoms with Crippen LogP contribution in [0.4, 0.5) is 5.69 Å². The van der Waals surface area contributed by atoms with Gasteiger partial charge in [-0.2, -0.15) is 10.4 Å². The number of methoxy groups -OCH3 is 1. The van der Waals surface area contributed by atoms with Crippen molar-refractivity contribution < 1.29 is 9.53 Å². The number of hydrogen-bond acceptors (Lipinski definition) is 4. The van der Waals surface area contributed by atoms with Crippen LogP contribution in [0.2, 0.25) is 5.02 Å². The third kappa shape index (κ3) is 4.17. The molecule has 2 N–H and O–H groups in total. The predicted octanol–water partition coefficient (Wildman–Crippen LogP) is 4.28. The minimum atomic E-state index is -0.571. The van der Waals surface area contributed by atoms with Crippen molar-refractivity contribution in [3.05, 3.63) is 70.9 Å². The number of nitrogens with zero attached hydrogens (tertiary/aromatic N) is 2. The summed E-state index contributed by atoms with van der Waals surface area (Å²) in [5.41, 5.74) is 2.56. The average molecular weight is 379 g/mol. The number of anilines is 1. The molecular weight excluding hydrogens is 364 g/mol. The molecule has 0 radical (unpaired) electrons. The summed E-state index contributed by atoms with van der Waals surface area (Å²) in [5, 5.41) is 19.5. The number of hydrogen-bond donors (Lipinski definition) is 2. The van der Waals surface area contributed by atoms with Crippen molar-refractivity contribution in [2.24, 2.45) is 0 Å². The molecule has 1 heterocycles. The highest BCUT2D eigenvalue weighted by atomic mass is 35.5. The van der Waals surface area contributed by atoms with Crippen molar-refractivity contribution in [3.63, 3.8) is 0 Å². The first-order valence-electron chi connectivity index (χ1n) is 7.98. The van der Waals surface area contributed by atoms with Crippen LogP contribution >= 0.6 is 11.6 Å². The first-order chi connectivity index (χ1) is 13.1. The molecule has 0 saturated carbocycles. The standard InChI is InChI=1S/C20H15ClN4O2/c1-27-18-8-7-16(21)10-17(18)24-20(26)14(11-22)9-15-12-23-25-19(15)13-5-3-2-4-6-13/h2-10,12H,1H3,(H,23,25)(H,24,26)/b14-9-. The van der Waals surface area contributed by atoms with Crippen LogP contribution in [0.1, 0.15) is 5.56 Å². The average Bonchev–Trinajstić information content (AvgIpc) is 3.15. The maximum atomic E-state index is 12.6. The maximum absolute atomic E-state index is 12.6. The maximum Gasteiger partial charge on any atom is 0.266 e. The Kier molecular flexibility index (Phi) is 5.55. The van der Waals surface area contributed by atoms with E-state index in [1.165, 1.54) is 13.2 Å². The predicted molar refractivity (Wildman–Crippen MR) is 104 cm³/mol. The van der Waals surface area contributed by atoms with Gasteiger partial charge in [0, 0.05) is 16.1 Å². The lowest BCUT2D eigenvalue weighted by Gasteiger charge is -2.10. The molecule has 0 aliphatic carbocycles. The molecule has 3 rings (SSSR count). The molecule has 0 aliphatic rings. The van der Waals surface area contributed by atoms with E-state index < -0.39 is 5.91 Å². The smallest absolute Gasteiger partial charge is 0.266 e. The molecule has 0 fully saturated rings. The molecule has 0 aliphatic heterocycles. The molecule has 7 heteroatoms. The largest absolute Gasteiger partial charge is 0.495 e. The molecule has 27 heavy (non-hydrogen) atoms. The molecule has 3 aromatic rings. The van der Waals surface area contributed by atoms with Crippen LogP contribution in [-0.4, -0.2) is 23.2 Å². The quantitative estimate of drug-likeness (QED) is 0.512. The van der Waals surface area contributed by atoms with Gasteiger partial charge in [-0.05, 0) is 24.3 Å². The summed E-state index contributed by atoms with van der Waals surface area (Å²) < 4.78 is 5.21. The minimum absolute atomic E-state index is 0.0735. The van der Waals surface area contributed by atoms with Crippen molar-refractivity contribution >= 4 is 29.3 Å². The van der Waals surface area contributed by atoms with Crippen molar-refractivity contribution in [2.75, 3.05) is 12.4 Å². The molecule has 1 amide bonds.